The highest BCUT2D eigenvalue weighted by Gasteiger charge is 2.04. The summed E-state index contributed by atoms with van der Waals surface area (Å²) in [6.45, 7) is 11.9. The Labute approximate surface area is 356 Å². The summed E-state index contributed by atoms with van der Waals surface area (Å²) in [6.07, 6.45) is 1.09. The Morgan fingerprint density at radius 3 is 1.12 bits per heavy atom. The van der Waals surface area contributed by atoms with Gasteiger partial charge in [0.05, 0.1) is 28.4 Å². The van der Waals surface area contributed by atoms with E-state index in [1.807, 2.05) is 97.9 Å². The number of ether oxygens (including phenoxy) is 6. The minimum atomic E-state index is 0.0186. The predicted octanol–water partition coefficient (Wildman–Crippen LogP) is 10.9. The second-order valence-corrected chi connectivity index (χ2v) is 13.5. The number of carbonyl (C=O) groups is 4. The van der Waals surface area contributed by atoms with E-state index in [0.29, 0.717) is 28.2 Å². The molecule has 0 radical (unpaired) electrons. The van der Waals surface area contributed by atoms with Crippen LogP contribution in [0.5, 0.6) is 23.0 Å². The maximum Gasteiger partial charge on any atom is 0.160 e. The molecule has 10 heteroatoms. The van der Waals surface area contributed by atoms with Crippen molar-refractivity contribution in [3.05, 3.63) is 143 Å². The first-order valence-corrected chi connectivity index (χ1v) is 19.3. The third-order valence-corrected chi connectivity index (χ3v) is 8.77. The van der Waals surface area contributed by atoms with Crippen LogP contribution in [-0.4, -0.2) is 79.0 Å². The number of methoxy groups -OCH3 is 6. The fraction of sp³-hybridized carbons (Fsp3) is 0.320. The molecule has 5 rings (SSSR count). The van der Waals surface area contributed by atoms with Gasteiger partial charge in [-0.3, -0.25) is 19.2 Å². The van der Waals surface area contributed by atoms with Crippen molar-refractivity contribution in [3.8, 4) is 34.1 Å². The Morgan fingerprint density at radius 1 is 0.467 bits per heavy atom. The second kappa shape index (κ2) is 29.2. The van der Waals surface area contributed by atoms with Crippen LogP contribution < -0.4 is 18.9 Å². The van der Waals surface area contributed by atoms with E-state index in [9.17, 15) is 19.2 Å². The average Bonchev–Trinajstić information content (AvgIpc) is 3.26. The van der Waals surface area contributed by atoms with E-state index >= 15 is 0 Å². The first kappa shape index (κ1) is 51.9. The first-order valence-electron chi connectivity index (χ1n) is 19.3. The molecule has 322 valence electrons. The van der Waals surface area contributed by atoms with Crippen molar-refractivity contribution >= 4 is 23.1 Å². The quantitative estimate of drug-likeness (QED) is 0.1000. The zero-order valence-corrected chi connectivity index (χ0v) is 37.3. The molecule has 0 fully saturated rings. The smallest absolute Gasteiger partial charge is 0.160 e. The van der Waals surface area contributed by atoms with Gasteiger partial charge in [0.15, 0.2) is 34.6 Å². The molecule has 5 aromatic carbocycles. The van der Waals surface area contributed by atoms with Gasteiger partial charge in [-0.05, 0) is 94.0 Å². The number of aryl methyl sites for hydroxylation is 1. The lowest BCUT2D eigenvalue weighted by Crippen LogP contribution is -2.06. The monoisotopic (exact) mass is 822 g/mol. The molecule has 5 aromatic rings. The molecule has 0 aromatic heterocycles. The van der Waals surface area contributed by atoms with Gasteiger partial charge in [-0.15, -0.1) is 0 Å². The number of hydrogen-bond donors (Lipinski definition) is 0. The first-order chi connectivity index (χ1) is 28.6. The molecule has 0 aliphatic heterocycles. The SMILES string of the molecule is CC(=O)c1ccc(-c2ccc(C(C)=O)cc2)cc1.CC(=O)c1ccc(C(C)=O)cc1.COCCC(C)COC.COc1ccc(OC)c(C)c1.COc1ccccc1OC. The Morgan fingerprint density at radius 2 is 0.833 bits per heavy atom. The van der Waals surface area contributed by atoms with Gasteiger partial charge >= 0.3 is 0 Å². The van der Waals surface area contributed by atoms with E-state index < -0.39 is 0 Å². The predicted molar refractivity (Wildman–Crippen MR) is 240 cm³/mol. The maximum atomic E-state index is 11.2. The molecule has 60 heavy (non-hydrogen) atoms. The molecule has 0 saturated carbocycles. The summed E-state index contributed by atoms with van der Waals surface area (Å²) in [5, 5.41) is 0. The molecule has 1 unspecified atom stereocenters. The summed E-state index contributed by atoms with van der Waals surface area (Å²) in [4.78, 5) is 44.0. The highest BCUT2D eigenvalue weighted by Crippen LogP contribution is 2.25. The number of carbonyl (C=O) groups excluding carboxylic acids is 4. The highest BCUT2D eigenvalue weighted by atomic mass is 16.5. The summed E-state index contributed by atoms with van der Waals surface area (Å²) in [5.74, 6) is 4.08. The second-order valence-electron chi connectivity index (χ2n) is 13.5. The lowest BCUT2D eigenvalue weighted by Gasteiger charge is -2.07. The number of benzene rings is 5. The molecule has 0 spiro atoms. The lowest BCUT2D eigenvalue weighted by molar-refractivity contribution is 0.100. The van der Waals surface area contributed by atoms with E-state index in [1.165, 1.54) is 13.8 Å². The van der Waals surface area contributed by atoms with Gasteiger partial charge in [-0.2, -0.15) is 0 Å². The minimum absolute atomic E-state index is 0.0186. The third-order valence-electron chi connectivity index (χ3n) is 8.77. The topological polar surface area (TPSA) is 124 Å². The normalized spacial score (nSPS) is 10.2. The third kappa shape index (κ3) is 19.6. The van der Waals surface area contributed by atoms with Crippen LogP contribution in [-0.2, 0) is 9.47 Å². The molecular formula is C50H62O10. The molecular weight excluding hydrogens is 761 g/mol. The molecule has 0 saturated heterocycles. The van der Waals surface area contributed by atoms with Crippen molar-refractivity contribution in [2.45, 2.75) is 48.0 Å². The summed E-state index contributed by atoms with van der Waals surface area (Å²) in [7, 11) is 10.0. The van der Waals surface area contributed by atoms with Crippen molar-refractivity contribution in [1.82, 2.24) is 0 Å². The number of hydrogen-bond acceptors (Lipinski definition) is 10. The van der Waals surface area contributed by atoms with Crippen LogP contribution in [0.15, 0.2) is 115 Å². The summed E-state index contributed by atoms with van der Waals surface area (Å²) in [5.41, 5.74) is 5.86. The van der Waals surface area contributed by atoms with Crippen LogP contribution in [0.3, 0.4) is 0 Å². The molecule has 0 N–H and O–H groups in total. The van der Waals surface area contributed by atoms with Gasteiger partial charge in [0.2, 0.25) is 0 Å². The summed E-state index contributed by atoms with van der Waals surface area (Å²) < 4.78 is 30.0. The fourth-order valence-electron chi connectivity index (χ4n) is 5.19. The van der Waals surface area contributed by atoms with Crippen LogP contribution in [0, 0.1) is 12.8 Å². The fourth-order valence-corrected chi connectivity index (χ4v) is 5.19. The van der Waals surface area contributed by atoms with Gasteiger partial charge in [0, 0.05) is 49.7 Å². The van der Waals surface area contributed by atoms with Crippen LogP contribution >= 0.6 is 0 Å². The molecule has 10 nitrogen and oxygen atoms in total. The van der Waals surface area contributed by atoms with E-state index in [4.69, 9.17) is 28.4 Å². The van der Waals surface area contributed by atoms with E-state index in [0.717, 1.165) is 59.3 Å². The van der Waals surface area contributed by atoms with E-state index in [2.05, 4.69) is 6.92 Å². The van der Waals surface area contributed by atoms with Crippen molar-refractivity contribution in [1.29, 1.82) is 0 Å². The molecule has 0 heterocycles. The standard InChI is InChI=1S/C16H14O2.C10H10O2.C9H12O2.C8H10O2.C7H16O2/c1-11(17)13-3-7-15(8-4-13)16-9-5-14(6-10-16)12(2)18;1-7(11)9-3-5-10(6-4-9)8(2)12;1-7-6-8(10-2)4-5-9(7)11-3;1-9-7-5-3-4-6-8(7)10-2;1-7(6-9-3)4-5-8-2/h3-10H,1-2H3;3-6H,1-2H3;4-6H,1-3H3;3-6H,1-2H3;7H,4-6H2,1-3H3. The maximum absolute atomic E-state index is 11.2. The zero-order valence-electron chi connectivity index (χ0n) is 37.3. The van der Waals surface area contributed by atoms with Gasteiger partial charge < -0.3 is 28.4 Å². The van der Waals surface area contributed by atoms with E-state index in [-0.39, 0.29) is 23.1 Å². The lowest BCUT2D eigenvalue weighted by atomic mass is 10.0. The van der Waals surface area contributed by atoms with Gasteiger partial charge in [0.25, 0.3) is 0 Å². The zero-order chi connectivity index (χ0) is 45.0. The van der Waals surface area contributed by atoms with Crippen LogP contribution in [0.4, 0.5) is 0 Å². The Hall–Kier alpha value is -6.10. The summed E-state index contributed by atoms with van der Waals surface area (Å²) in [6, 6.07) is 34.8. The van der Waals surface area contributed by atoms with Crippen LogP contribution in [0.1, 0.15) is 88.0 Å². The molecule has 0 amide bonds. The Kier molecular flexibility index (Phi) is 25.2. The van der Waals surface area contributed by atoms with Crippen molar-refractivity contribution in [3.63, 3.8) is 0 Å². The summed E-state index contributed by atoms with van der Waals surface area (Å²) >= 11 is 0. The van der Waals surface area contributed by atoms with Gasteiger partial charge in [0.1, 0.15) is 11.5 Å². The van der Waals surface area contributed by atoms with Gasteiger partial charge in [-0.25, -0.2) is 0 Å². The van der Waals surface area contributed by atoms with Crippen LogP contribution in [0.2, 0.25) is 0 Å². The Balaban J connectivity index is 0.000000385. The number of para-hydroxylation sites is 2. The number of rotatable bonds is 14. The van der Waals surface area contributed by atoms with E-state index in [1.54, 1.807) is 80.8 Å². The Bertz CT molecular complexity index is 1910. The largest absolute Gasteiger partial charge is 0.497 e. The molecule has 0 aliphatic rings. The number of ketones is 4. The highest BCUT2D eigenvalue weighted by molar-refractivity contribution is 5.98. The molecule has 0 aliphatic carbocycles. The average molecular weight is 823 g/mol. The van der Waals surface area contributed by atoms with Crippen LogP contribution in [0.25, 0.3) is 11.1 Å². The van der Waals surface area contributed by atoms with Crippen molar-refractivity contribution in [2.24, 2.45) is 5.92 Å². The van der Waals surface area contributed by atoms with Crippen molar-refractivity contribution in [2.75, 3.05) is 55.9 Å². The molecule has 1 atom stereocenters. The van der Waals surface area contributed by atoms with Gasteiger partial charge in [-0.1, -0.05) is 91.9 Å². The van der Waals surface area contributed by atoms with Crippen molar-refractivity contribution < 1.29 is 47.6 Å². The minimum Gasteiger partial charge on any atom is -0.497 e. The number of Topliss-reactive ketones (excluding diaryl/α,β-unsaturated/α-hetero) is 4. The molecule has 0 bridgehead atoms.